The Bertz CT molecular complexity index is 440. The van der Waals surface area contributed by atoms with Gasteiger partial charge in [-0.15, -0.1) is 0 Å². The van der Waals surface area contributed by atoms with Gasteiger partial charge in [-0.25, -0.2) is 0 Å². The summed E-state index contributed by atoms with van der Waals surface area (Å²) in [6.07, 6.45) is 6.51. The topological polar surface area (TPSA) is 38.3 Å². The molecule has 1 aromatic rings. The minimum Gasteiger partial charge on any atom is -0.465 e. The molecule has 116 valence electrons. The number of hydrogen-bond donors (Lipinski definition) is 1. The molecule has 0 amide bonds. The van der Waals surface area contributed by atoms with Crippen molar-refractivity contribution in [2.24, 2.45) is 0 Å². The van der Waals surface area contributed by atoms with Gasteiger partial charge in [0.25, 0.3) is 0 Å². The van der Waals surface area contributed by atoms with Crippen molar-refractivity contribution >= 4 is 5.97 Å². The minimum absolute atomic E-state index is 0.118. The normalized spacial score (nSPS) is 18.4. The minimum atomic E-state index is -0.582. The molecule has 1 aromatic carbocycles. The first-order valence-corrected chi connectivity index (χ1v) is 8.13. The van der Waals surface area contributed by atoms with Crippen molar-refractivity contribution in [2.45, 2.75) is 64.0 Å². The quantitative estimate of drug-likeness (QED) is 0.781. The molecule has 21 heavy (non-hydrogen) atoms. The number of hydrogen-bond acceptors (Lipinski definition) is 3. The van der Waals surface area contributed by atoms with Crippen molar-refractivity contribution in [3.05, 3.63) is 35.9 Å². The van der Waals surface area contributed by atoms with Gasteiger partial charge in [-0.2, -0.15) is 0 Å². The highest BCUT2D eigenvalue weighted by atomic mass is 16.5. The summed E-state index contributed by atoms with van der Waals surface area (Å²) in [5.74, 6) is -0.118. The molecule has 0 bridgehead atoms. The lowest BCUT2D eigenvalue weighted by molar-refractivity contribution is -0.151. The van der Waals surface area contributed by atoms with Crippen LogP contribution in [-0.2, 0) is 16.0 Å². The van der Waals surface area contributed by atoms with E-state index in [1.54, 1.807) is 0 Å². The summed E-state index contributed by atoms with van der Waals surface area (Å²) in [7, 11) is 0. The molecule has 0 aliphatic heterocycles. The number of ether oxygens (including phenoxy) is 1. The van der Waals surface area contributed by atoms with Crippen LogP contribution < -0.4 is 5.32 Å². The average Bonchev–Trinajstić information content (AvgIpc) is 2.99. The number of esters is 1. The van der Waals surface area contributed by atoms with Crippen LogP contribution in [0.15, 0.2) is 30.3 Å². The van der Waals surface area contributed by atoms with Crippen molar-refractivity contribution in [3.63, 3.8) is 0 Å². The number of benzene rings is 1. The van der Waals surface area contributed by atoms with Crippen LogP contribution in [0.5, 0.6) is 0 Å². The van der Waals surface area contributed by atoms with Gasteiger partial charge in [0, 0.05) is 6.04 Å². The smallest absolute Gasteiger partial charge is 0.326 e. The van der Waals surface area contributed by atoms with E-state index >= 15 is 0 Å². The number of carbonyl (C=O) groups excluding carboxylic acids is 1. The molecular formula is C18H27NO2. The number of nitrogens with one attached hydrogen (secondary N) is 1. The zero-order valence-electron chi connectivity index (χ0n) is 13.2. The van der Waals surface area contributed by atoms with E-state index in [1.165, 1.54) is 31.2 Å². The van der Waals surface area contributed by atoms with Crippen LogP contribution in [-0.4, -0.2) is 24.2 Å². The summed E-state index contributed by atoms with van der Waals surface area (Å²) in [5, 5.41) is 3.57. The molecule has 0 aromatic heterocycles. The highest BCUT2D eigenvalue weighted by Gasteiger charge is 2.36. The van der Waals surface area contributed by atoms with Gasteiger partial charge in [-0.05, 0) is 45.1 Å². The Kier molecular flexibility index (Phi) is 5.80. The van der Waals surface area contributed by atoms with Crippen molar-refractivity contribution in [2.75, 3.05) is 6.61 Å². The molecule has 0 saturated heterocycles. The van der Waals surface area contributed by atoms with Crippen LogP contribution in [0.3, 0.4) is 0 Å². The largest absolute Gasteiger partial charge is 0.465 e. The van der Waals surface area contributed by atoms with E-state index in [-0.39, 0.29) is 5.97 Å². The van der Waals surface area contributed by atoms with Crippen molar-refractivity contribution in [1.82, 2.24) is 5.32 Å². The Balaban J connectivity index is 2.01. The summed E-state index contributed by atoms with van der Waals surface area (Å²) in [4.78, 5) is 12.4. The fourth-order valence-electron chi connectivity index (χ4n) is 3.08. The first-order valence-electron chi connectivity index (χ1n) is 8.13. The third-order valence-electron chi connectivity index (χ3n) is 4.36. The summed E-state index contributed by atoms with van der Waals surface area (Å²) < 4.78 is 5.30. The fraction of sp³-hybridized carbons (Fsp3) is 0.611. The third kappa shape index (κ3) is 4.57. The molecular weight excluding hydrogens is 262 g/mol. The van der Waals surface area contributed by atoms with E-state index in [4.69, 9.17) is 4.74 Å². The monoisotopic (exact) mass is 289 g/mol. The van der Waals surface area contributed by atoms with Gasteiger partial charge < -0.3 is 4.74 Å². The number of rotatable bonds is 7. The molecule has 1 unspecified atom stereocenters. The SMILES string of the molecule is CCOC(=O)C(C)(CCc1ccccc1)NC1CCCC1. The van der Waals surface area contributed by atoms with E-state index < -0.39 is 5.54 Å². The van der Waals surface area contributed by atoms with E-state index in [2.05, 4.69) is 17.4 Å². The Hall–Kier alpha value is -1.35. The molecule has 1 N–H and O–H groups in total. The lowest BCUT2D eigenvalue weighted by Gasteiger charge is -2.32. The fourth-order valence-corrected chi connectivity index (χ4v) is 3.08. The summed E-state index contributed by atoms with van der Waals surface area (Å²) in [6.45, 7) is 4.30. The van der Waals surface area contributed by atoms with Gasteiger partial charge in [0.2, 0.25) is 0 Å². The molecule has 2 rings (SSSR count). The maximum Gasteiger partial charge on any atom is 0.326 e. The van der Waals surface area contributed by atoms with E-state index in [9.17, 15) is 4.79 Å². The van der Waals surface area contributed by atoms with Gasteiger partial charge in [0.05, 0.1) is 6.61 Å². The highest BCUT2D eigenvalue weighted by Crippen LogP contribution is 2.24. The second-order valence-corrected chi connectivity index (χ2v) is 6.16. The van der Waals surface area contributed by atoms with Crippen molar-refractivity contribution in [1.29, 1.82) is 0 Å². The molecule has 1 saturated carbocycles. The zero-order chi connectivity index (χ0) is 15.1. The summed E-state index contributed by atoms with van der Waals surface area (Å²) in [6, 6.07) is 10.8. The second-order valence-electron chi connectivity index (χ2n) is 6.16. The molecule has 1 atom stereocenters. The Morgan fingerprint density at radius 3 is 2.57 bits per heavy atom. The number of carbonyl (C=O) groups is 1. The molecule has 1 aliphatic carbocycles. The van der Waals surface area contributed by atoms with Crippen LogP contribution in [0.25, 0.3) is 0 Å². The van der Waals surface area contributed by atoms with Crippen LogP contribution in [0, 0.1) is 0 Å². The van der Waals surface area contributed by atoms with Crippen molar-refractivity contribution in [3.8, 4) is 0 Å². The molecule has 3 nitrogen and oxygen atoms in total. The first kappa shape index (κ1) is 16.0. The van der Waals surface area contributed by atoms with Crippen LogP contribution in [0.1, 0.15) is 51.5 Å². The van der Waals surface area contributed by atoms with Crippen LogP contribution in [0.2, 0.25) is 0 Å². The second kappa shape index (κ2) is 7.60. The summed E-state index contributed by atoms with van der Waals surface area (Å²) >= 11 is 0. The lowest BCUT2D eigenvalue weighted by atomic mass is 9.92. The number of aryl methyl sites for hydroxylation is 1. The van der Waals surface area contributed by atoms with E-state index in [0.29, 0.717) is 12.6 Å². The molecule has 1 aliphatic rings. The molecule has 3 heteroatoms. The third-order valence-corrected chi connectivity index (χ3v) is 4.36. The van der Waals surface area contributed by atoms with Gasteiger partial charge in [0.1, 0.15) is 5.54 Å². The molecule has 0 radical (unpaired) electrons. The molecule has 0 spiro atoms. The van der Waals surface area contributed by atoms with Gasteiger partial charge >= 0.3 is 5.97 Å². The van der Waals surface area contributed by atoms with Crippen LogP contribution in [0.4, 0.5) is 0 Å². The highest BCUT2D eigenvalue weighted by molar-refractivity contribution is 5.80. The predicted molar refractivity (Wildman–Crippen MR) is 85.2 cm³/mol. The van der Waals surface area contributed by atoms with E-state index in [0.717, 1.165) is 12.8 Å². The molecule has 1 fully saturated rings. The van der Waals surface area contributed by atoms with Crippen LogP contribution >= 0.6 is 0 Å². The Morgan fingerprint density at radius 2 is 1.95 bits per heavy atom. The predicted octanol–water partition coefficient (Wildman–Crippen LogP) is 3.47. The Labute approximate surface area is 128 Å². The van der Waals surface area contributed by atoms with Gasteiger partial charge in [-0.3, -0.25) is 10.1 Å². The summed E-state index contributed by atoms with van der Waals surface area (Å²) in [5.41, 5.74) is 0.683. The van der Waals surface area contributed by atoms with Gasteiger partial charge in [0.15, 0.2) is 0 Å². The van der Waals surface area contributed by atoms with Crippen molar-refractivity contribution < 1.29 is 9.53 Å². The average molecular weight is 289 g/mol. The first-order chi connectivity index (χ1) is 10.1. The maximum atomic E-state index is 12.4. The lowest BCUT2D eigenvalue weighted by Crippen LogP contribution is -2.54. The molecule has 0 heterocycles. The van der Waals surface area contributed by atoms with E-state index in [1.807, 2.05) is 32.0 Å². The maximum absolute atomic E-state index is 12.4. The van der Waals surface area contributed by atoms with Gasteiger partial charge in [-0.1, -0.05) is 43.2 Å². The standard InChI is InChI=1S/C18H27NO2/c1-3-21-17(20)18(2,19-16-11-7-8-12-16)14-13-15-9-5-4-6-10-15/h4-6,9-10,16,19H,3,7-8,11-14H2,1-2H3. The Morgan fingerprint density at radius 1 is 1.29 bits per heavy atom. The zero-order valence-corrected chi connectivity index (χ0v) is 13.2.